The van der Waals surface area contributed by atoms with Crippen molar-refractivity contribution in [1.82, 2.24) is 15.2 Å². The highest BCUT2D eigenvalue weighted by molar-refractivity contribution is 8.00. The van der Waals surface area contributed by atoms with Crippen molar-refractivity contribution in [3.8, 4) is 0 Å². The average Bonchev–Trinajstić information content (AvgIpc) is 2.87. The number of rotatable bonds is 5. The molecule has 1 aromatic carbocycles. The lowest BCUT2D eigenvalue weighted by atomic mass is 10.1. The van der Waals surface area contributed by atoms with Gasteiger partial charge in [0.15, 0.2) is 5.78 Å². The van der Waals surface area contributed by atoms with E-state index in [4.69, 9.17) is 0 Å². The molecule has 0 fully saturated rings. The molecule has 0 spiro atoms. The van der Waals surface area contributed by atoms with Crippen molar-refractivity contribution in [3.05, 3.63) is 41.7 Å². The number of thioether (sulfide) groups is 1. The Bertz CT molecular complexity index is 551. The number of Topliss-reactive ketones (excluding diaryl/α,β-unsaturated/α-hetero) is 1. The van der Waals surface area contributed by atoms with Crippen molar-refractivity contribution in [2.75, 3.05) is 0 Å². The van der Waals surface area contributed by atoms with Crippen molar-refractivity contribution >= 4 is 17.5 Å². The molecule has 2 aromatic rings. The van der Waals surface area contributed by atoms with E-state index in [9.17, 15) is 4.79 Å². The predicted molar refractivity (Wildman–Crippen MR) is 76.6 cm³/mol. The largest absolute Gasteiger partial charge is 0.293 e. The Labute approximate surface area is 117 Å². The van der Waals surface area contributed by atoms with Gasteiger partial charge in [0.05, 0.1) is 5.25 Å². The maximum atomic E-state index is 12.2. The molecular weight excluding hydrogens is 258 g/mol. The van der Waals surface area contributed by atoms with Gasteiger partial charge >= 0.3 is 0 Å². The fraction of sp³-hybridized carbons (Fsp3) is 0.357. The van der Waals surface area contributed by atoms with E-state index in [1.165, 1.54) is 11.8 Å². The zero-order chi connectivity index (χ0) is 13.8. The monoisotopic (exact) mass is 275 g/mol. The van der Waals surface area contributed by atoms with Gasteiger partial charge in [-0.1, -0.05) is 55.9 Å². The number of hydrogen-bond donors (Lipinski definition) is 1. The van der Waals surface area contributed by atoms with Crippen LogP contribution < -0.4 is 0 Å². The number of benzene rings is 1. The lowest BCUT2D eigenvalue weighted by Crippen LogP contribution is -2.13. The topological polar surface area (TPSA) is 58.6 Å². The van der Waals surface area contributed by atoms with Crippen LogP contribution in [-0.2, 0) is 0 Å². The Morgan fingerprint density at radius 3 is 2.47 bits per heavy atom. The number of H-pyrrole nitrogens is 1. The maximum Gasteiger partial charge on any atom is 0.209 e. The summed E-state index contributed by atoms with van der Waals surface area (Å²) in [6.07, 6.45) is 0. The van der Waals surface area contributed by atoms with Crippen LogP contribution in [0.25, 0.3) is 0 Å². The van der Waals surface area contributed by atoms with Crippen LogP contribution in [0.5, 0.6) is 0 Å². The highest BCUT2D eigenvalue weighted by atomic mass is 32.2. The van der Waals surface area contributed by atoms with Gasteiger partial charge in [-0.05, 0) is 6.92 Å². The summed E-state index contributed by atoms with van der Waals surface area (Å²) >= 11 is 1.38. The molecule has 0 aliphatic carbocycles. The molecule has 0 radical (unpaired) electrons. The third-order valence-corrected chi connectivity index (χ3v) is 3.70. The molecule has 0 unspecified atom stereocenters. The highest BCUT2D eigenvalue weighted by Crippen LogP contribution is 2.23. The minimum Gasteiger partial charge on any atom is -0.293 e. The van der Waals surface area contributed by atoms with E-state index < -0.39 is 0 Å². The third-order valence-electron chi connectivity index (χ3n) is 2.74. The number of nitrogens with one attached hydrogen (secondary N) is 1. The number of nitrogens with zero attached hydrogens (tertiary/aromatic N) is 2. The molecule has 0 saturated heterocycles. The SMILES string of the molecule is CC(C)c1nc(S[C@H](C)C(=O)c2ccccc2)n[nH]1. The van der Waals surface area contributed by atoms with Crippen molar-refractivity contribution in [2.24, 2.45) is 0 Å². The van der Waals surface area contributed by atoms with Crippen LogP contribution in [0.3, 0.4) is 0 Å². The molecule has 19 heavy (non-hydrogen) atoms. The highest BCUT2D eigenvalue weighted by Gasteiger charge is 2.18. The van der Waals surface area contributed by atoms with Gasteiger partial charge in [-0.3, -0.25) is 9.89 Å². The van der Waals surface area contributed by atoms with Crippen LogP contribution >= 0.6 is 11.8 Å². The number of aromatic nitrogens is 3. The van der Waals surface area contributed by atoms with Crippen molar-refractivity contribution in [1.29, 1.82) is 0 Å². The first-order chi connectivity index (χ1) is 9.08. The summed E-state index contributed by atoms with van der Waals surface area (Å²) in [6, 6.07) is 9.30. The summed E-state index contributed by atoms with van der Waals surface area (Å²) in [4.78, 5) is 16.6. The number of carbonyl (C=O) groups excluding carboxylic acids is 1. The van der Waals surface area contributed by atoms with Crippen LogP contribution in [0.1, 0.15) is 42.9 Å². The molecule has 0 bridgehead atoms. The van der Waals surface area contributed by atoms with Gasteiger partial charge in [0.1, 0.15) is 5.82 Å². The minimum atomic E-state index is -0.196. The molecule has 1 N–H and O–H groups in total. The number of ketones is 1. The third kappa shape index (κ3) is 3.44. The van der Waals surface area contributed by atoms with E-state index in [0.717, 1.165) is 11.4 Å². The van der Waals surface area contributed by atoms with Gasteiger partial charge in [0.25, 0.3) is 0 Å². The average molecular weight is 275 g/mol. The van der Waals surface area contributed by atoms with Crippen LogP contribution in [0.2, 0.25) is 0 Å². The fourth-order valence-electron chi connectivity index (χ4n) is 1.62. The second-order valence-corrected chi connectivity index (χ2v) is 5.96. The Hall–Kier alpha value is -1.62. The molecule has 0 amide bonds. The zero-order valence-corrected chi connectivity index (χ0v) is 12.1. The van der Waals surface area contributed by atoms with Gasteiger partial charge in [-0.2, -0.15) is 0 Å². The first-order valence-corrected chi connectivity index (χ1v) is 7.14. The van der Waals surface area contributed by atoms with Gasteiger partial charge in [-0.25, -0.2) is 4.98 Å². The quantitative estimate of drug-likeness (QED) is 0.672. The normalized spacial score (nSPS) is 12.6. The second-order valence-electron chi connectivity index (χ2n) is 4.65. The second kappa shape index (κ2) is 6.02. The molecular formula is C14H17N3OS. The lowest BCUT2D eigenvalue weighted by molar-refractivity contribution is 0.0994. The number of hydrogen-bond acceptors (Lipinski definition) is 4. The van der Waals surface area contributed by atoms with Crippen LogP contribution in [-0.4, -0.2) is 26.2 Å². The van der Waals surface area contributed by atoms with Crippen molar-refractivity contribution in [2.45, 2.75) is 37.1 Å². The predicted octanol–water partition coefficient (Wildman–Crippen LogP) is 3.29. The van der Waals surface area contributed by atoms with E-state index >= 15 is 0 Å². The fourth-order valence-corrected chi connectivity index (χ4v) is 2.43. The molecule has 0 aliphatic rings. The summed E-state index contributed by atoms with van der Waals surface area (Å²) in [5.74, 6) is 1.25. The standard InChI is InChI=1S/C14H17N3OS/c1-9(2)13-15-14(17-16-13)19-10(3)12(18)11-7-5-4-6-8-11/h4-10H,1-3H3,(H,15,16,17)/t10-/m1/s1. The van der Waals surface area contributed by atoms with Gasteiger partial charge in [0.2, 0.25) is 5.16 Å². The summed E-state index contributed by atoms with van der Waals surface area (Å²) in [5, 5.41) is 7.45. The minimum absolute atomic E-state index is 0.0986. The van der Waals surface area contributed by atoms with Crippen molar-refractivity contribution in [3.63, 3.8) is 0 Å². The molecule has 0 saturated carbocycles. The first-order valence-electron chi connectivity index (χ1n) is 6.26. The summed E-state index contributed by atoms with van der Waals surface area (Å²) < 4.78 is 0. The van der Waals surface area contributed by atoms with Gasteiger partial charge < -0.3 is 0 Å². The number of aromatic amines is 1. The zero-order valence-electron chi connectivity index (χ0n) is 11.3. The Kier molecular flexibility index (Phi) is 4.37. The van der Waals surface area contributed by atoms with Gasteiger partial charge in [0, 0.05) is 11.5 Å². The summed E-state index contributed by atoms with van der Waals surface area (Å²) in [5.41, 5.74) is 0.724. The number of carbonyl (C=O) groups is 1. The lowest BCUT2D eigenvalue weighted by Gasteiger charge is -2.07. The summed E-state index contributed by atoms with van der Waals surface area (Å²) in [7, 11) is 0. The molecule has 5 heteroatoms. The molecule has 1 atom stereocenters. The molecule has 0 aliphatic heterocycles. The molecule has 2 rings (SSSR count). The first kappa shape index (κ1) is 13.8. The summed E-state index contributed by atoms with van der Waals surface area (Å²) in [6.45, 7) is 5.98. The maximum absolute atomic E-state index is 12.2. The van der Waals surface area contributed by atoms with Crippen LogP contribution in [0.15, 0.2) is 35.5 Å². The van der Waals surface area contributed by atoms with E-state index in [2.05, 4.69) is 15.2 Å². The van der Waals surface area contributed by atoms with Crippen LogP contribution in [0.4, 0.5) is 0 Å². The Morgan fingerprint density at radius 2 is 1.89 bits per heavy atom. The Morgan fingerprint density at radius 1 is 1.21 bits per heavy atom. The van der Waals surface area contributed by atoms with Crippen LogP contribution in [0, 0.1) is 0 Å². The van der Waals surface area contributed by atoms with Gasteiger partial charge in [-0.15, -0.1) is 5.10 Å². The molecule has 4 nitrogen and oxygen atoms in total. The molecule has 1 heterocycles. The van der Waals surface area contributed by atoms with Crippen molar-refractivity contribution < 1.29 is 4.79 Å². The molecule has 100 valence electrons. The van der Waals surface area contributed by atoms with E-state index in [1.54, 1.807) is 0 Å². The Balaban J connectivity index is 2.04. The van der Waals surface area contributed by atoms with E-state index in [0.29, 0.717) is 11.1 Å². The van der Waals surface area contributed by atoms with E-state index in [-0.39, 0.29) is 11.0 Å². The molecule has 1 aromatic heterocycles. The smallest absolute Gasteiger partial charge is 0.209 e. The van der Waals surface area contributed by atoms with E-state index in [1.807, 2.05) is 51.1 Å².